The van der Waals surface area contributed by atoms with E-state index in [9.17, 15) is 10.2 Å². The highest BCUT2D eigenvalue weighted by Crippen LogP contribution is 2.59. The summed E-state index contributed by atoms with van der Waals surface area (Å²) in [5.74, 6) is 1.88. The van der Waals surface area contributed by atoms with E-state index in [4.69, 9.17) is 0 Å². The Kier molecular flexibility index (Phi) is 1.34. The summed E-state index contributed by atoms with van der Waals surface area (Å²) in [5, 5.41) is 20.5. The van der Waals surface area contributed by atoms with Crippen molar-refractivity contribution in [2.75, 3.05) is 0 Å². The molecule has 4 aliphatic rings. The first-order valence-electron chi connectivity index (χ1n) is 5.45. The molecule has 4 rings (SSSR count). The van der Waals surface area contributed by atoms with Crippen LogP contribution in [-0.4, -0.2) is 21.4 Å². The first kappa shape index (κ1) is 8.25. The minimum Gasteiger partial charge on any atom is -0.390 e. The number of hydrogen-bond acceptors (Lipinski definition) is 2. The lowest BCUT2D eigenvalue weighted by atomic mass is 9.49. The average Bonchev–Trinajstić information content (AvgIpc) is 1.94. The zero-order chi connectivity index (χ0) is 9.27. The molecule has 0 aromatic rings. The summed E-state index contributed by atoms with van der Waals surface area (Å²) in [6, 6.07) is 0. The molecule has 74 valence electrons. The van der Waals surface area contributed by atoms with Crippen molar-refractivity contribution in [2.24, 2.45) is 17.8 Å². The molecule has 4 aliphatic carbocycles. The maximum Gasteiger partial charge on any atom is 0.0680 e. The van der Waals surface area contributed by atoms with Gasteiger partial charge in [-0.15, -0.1) is 0 Å². The highest BCUT2D eigenvalue weighted by atomic mass is 16.3. The van der Waals surface area contributed by atoms with E-state index in [0.29, 0.717) is 18.3 Å². The zero-order valence-corrected chi connectivity index (χ0v) is 8.16. The molecule has 2 N–H and O–H groups in total. The molecule has 2 nitrogen and oxygen atoms in total. The second-order valence-corrected chi connectivity index (χ2v) is 5.82. The molecule has 0 unspecified atom stereocenters. The molecule has 0 aliphatic heterocycles. The predicted molar refractivity (Wildman–Crippen MR) is 49.1 cm³/mol. The summed E-state index contributed by atoms with van der Waals surface area (Å²) in [6.07, 6.45) is 4.39. The molecule has 4 bridgehead atoms. The molecule has 0 heterocycles. The number of hydrogen-bond donors (Lipinski definition) is 2. The molecule has 0 radical (unpaired) electrons. The van der Waals surface area contributed by atoms with Crippen molar-refractivity contribution in [1.29, 1.82) is 0 Å². The fourth-order valence-electron chi connectivity index (χ4n) is 4.29. The lowest BCUT2D eigenvalue weighted by molar-refractivity contribution is -0.216. The van der Waals surface area contributed by atoms with E-state index in [2.05, 4.69) is 6.92 Å². The lowest BCUT2D eigenvalue weighted by Gasteiger charge is -2.60. The van der Waals surface area contributed by atoms with Crippen molar-refractivity contribution in [1.82, 2.24) is 0 Å². The van der Waals surface area contributed by atoms with Gasteiger partial charge >= 0.3 is 0 Å². The smallest absolute Gasteiger partial charge is 0.0680 e. The SMILES string of the molecule is CC1C2CC3(O)CC1CC(O)(C2)C3. The van der Waals surface area contributed by atoms with E-state index in [0.717, 1.165) is 31.6 Å². The molecule has 4 fully saturated rings. The van der Waals surface area contributed by atoms with Gasteiger partial charge in [-0.1, -0.05) is 6.92 Å². The van der Waals surface area contributed by atoms with Gasteiger partial charge in [0.25, 0.3) is 0 Å². The molecule has 13 heavy (non-hydrogen) atoms. The maximum absolute atomic E-state index is 10.2. The van der Waals surface area contributed by atoms with Gasteiger partial charge in [-0.05, 0) is 43.4 Å². The fraction of sp³-hybridized carbons (Fsp3) is 1.00. The van der Waals surface area contributed by atoms with Crippen molar-refractivity contribution in [3.05, 3.63) is 0 Å². The highest BCUT2D eigenvalue weighted by molar-refractivity contribution is 5.10. The number of aliphatic hydroxyl groups is 2. The molecular formula is C11H18O2. The first-order valence-corrected chi connectivity index (χ1v) is 5.45. The van der Waals surface area contributed by atoms with Crippen LogP contribution in [-0.2, 0) is 0 Å². The van der Waals surface area contributed by atoms with Crippen LogP contribution in [0.1, 0.15) is 39.0 Å². The Labute approximate surface area is 79.0 Å². The second kappa shape index (κ2) is 2.12. The van der Waals surface area contributed by atoms with Gasteiger partial charge in [-0.25, -0.2) is 0 Å². The summed E-state index contributed by atoms with van der Waals surface area (Å²) >= 11 is 0. The summed E-state index contributed by atoms with van der Waals surface area (Å²) in [7, 11) is 0. The van der Waals surface area contributed by atoms with Crippen LogP contribution in [0.5, 0.6) is 0 Å². The lowest BCUT2D eigenvalue weighted by Crippen LogP contribution is -2.61. The molecule has 2 heteroatoms. The van der Waals surface area contributed by atoms with Gasteiger partial charge in [0.2, 0.25) is 0 Å². The van der Waals surface area contributed by atoms with Gasteiger partial charge in [0.05, 0.1) is 11.2 Å². The highest BCUT2D eigenvalue weighted by Gasteiger charge is 2.59. The minimum absolute atomic E-state index is 0.507. The third-order valence-corrected chi connectivity index (χ3v) is 4.71. The quantitative estimate of drug-likeness (QED) is 0.593. The van der Waals surface area contributed by atoms with Crippen molar-refractivity contribution >= 4 is 0 Å². The van der Waals surface area contributed by atoms with E-state index in [1.807, 2.05) is 0 Å². The maximum atomic E-state index is 10.2. The van der Waals surface area contributed by atoms with E-state index >= 15 is 0 Å². The number of rotatable bonds is 0. The summed E-state index contributed by atoms with van der Waals surface area (Å²) < 4.78 is 0. The first-order chi connectivity index (χ1) is 6.00. The van der Waals surface area contributed by atoms with Crippen LogP contribution in [0.25, 0.3) is 0 Å². The minimum atomic E-state index is -0.507. The Bertz CT molecular complexity index is 212. The molecule has 4 saturated carbocycles. The topological polar surface area (TPSA) is 40.5 Å². The molecule has 0 saturated heterocycles. The van der Waals surface area contributed by atoms with Gasteiger partial charge in [0.15, 0.2) is 0 Å². The average molecular weight is 182 g/mol. The van der Waals surface area contributed by atoms with Crippen LogP contribution in [0.4, 0.5) is 0 Å². The summed E-state index contributed by atoms with van der Waals surface area (Å²) in [5.41, 5.74) is -1.01. The van der Waals surface area contributed by atoms with E-state index in [1.165, 1.54) is 0 Å². The van der Waals surface area contributed by atoms with Crippen LogP contribution in [0.3, 0.4) is 0 Å². The van der Waals surface area contributed by atoms with Gasteiger partial charge < -0.3 is 10.2 Å². The van der Waals surface area contributed by atoms with Crippen LogP contribution in [0, 0.1) is 17.8 Å². The van der Waals surface area contributed by atoms with Crippen molar-refractivity contribution < 1.29 is 10.2 Å². The summed E-state index contributed by atoms with van der Waals surface area (Å²) in [4.78, 5) is 0. The van der Waals surface area contributed by atoms with Gasteiger partial charge in [0.1, 0.15) is 0 Å². The van der Waals surface area contributed by atoms with Crippen LogP contribution in [0.15, 0.2) is 0 Å². The Morgan fingerprint density at radius 3 is 1.69 bits per heavy atom. The Morgan fingerprint density at radius 1 is 0.923 bits per heavy atom. The van der Waals surface area contributed by atoms with Crippen LogP contribution < -0.4 is 0 Å². The third kappa shape index (κ3) is 1.02. The molecule has 0 aromatic carbocycles. The molecule has 0 aromatic heterocycles. The standard InChI is InChI=1S/C11H18O2/c1-7-8-2-10(12)4-9(7)5-11(13,3-8)6-10/h7-9,12-13H,2-6H2,1H3. The van der Waals surface area contributed by atoms with Gasteiger partial charge in [-0.2, -0.15) is 0 Å². The van der Waals surface area contributed by atoms with E-state index in [1.54, 1.807) is 0 Å². The van der Waals surface area contributed by atoms with E-state index in [-0.39, 0.29) is 0 Å². The zero-order valence-electron chi connectivity index (χ0n) is 8.16. The monoisotopic (exact) mass is 182 g/mol. The van der Waals surface area contributed by atoms with E-state index < -0.39 is 11.2 Å². The van der Waals surface area contributed by atoms with Crippen LogP contribution in [0.2, 0.25) is 0 Å². The second-order valence-electron chi connectivity index (χ2n) is 5.82. The summed E-state index contributed by atoms with van der Waals surface area (Å²) in [6.45, 7) is 2.29. The largest absolute Gasteiger partial charge is 0.390 e. The molecule has 0 amide bonds. The van der Waals surface area contributed by atoms with Gasteiger partial charge in [-0.3, -0.25) is 0 Å². The molecule has 0 atom stereocenters. The molecule has 0 spiro atoms. The normalized spacial score (nSPS) is 64.4. The Hall–Kier alpha value is -0.0800. The van der Waals surface area contributed by atoms with Gasteiger partial charge in [0, 0.05) is 6.42 Å². The van der Waals surface area contributed by atoms with Crippen LogP contribution >= 0.6 is 0 Å². The predicted octanol–water partition coefficient (Wildman–Crippen LogP) is 1.31. The Morgan fingerprint density at radius 2 is 1.31 bits per heavy atom. The third-order valence-electron chi connectivity index (χ3n) is 4.71. The fourth-order valence-corrected chi connectivity index (χ4v) is 4.29. The molecular weight excluding hydrogens is 164 g/mol. The van der Waals surface area contributed by atoms with Crippen molar-refractivity contribution in [3.63, 3.8) is 0 Å². The van der Waals surface area contributed by atoms with Crippen molar-refractivity contribution in [3.8, 4) is 0 Å². The van der Waals surface area contributed by atoms with Crippen molar-refractivity contribution in [2.45, 2.75) is 50.2 Å². The Balaban J connectivity index is 1.99.